The molecule has 0 aliphatic rings. The zero-order valence-corrected chi connectivity index (χ0v) is 17.6. The number of phenolic OH excluding ortho intramolecular Hbond substituents is 1. The highest BCUT2D eigenvalue weighted by atomic mass is 16.6. The first-order valence-corrected chi connectivity index (χ1v) is 9.17. The lowest BCUT2D eigenvalue weighted by Gasteiger charge is -2.31. The molecule has 0 bridgehead atoms. The zero-order valence-electron chi connectivity index (χ0n) is 17.6. The first-order chi connectivity index (χ1) is 12.8. The second kappa shape index (κ2) is 9.43. The van der Waals surface area contributed by atoms with E-state index in [1.807, 2.05) is 13.8 Å². The van der Waals surface area contributed by atoms with E-state index in [9.17, 15) is 19.5 Å². The summed E-state index contributed by atoms with van der Waals surface area (Å²) >= 11 is 0. The van der Waals surface area contributed by atoms with Crippen LogP contribution >= 0.6 is 0 Å². The van der Waals surface area contributed by atoms with Crippen LogP contribution in [0.25, 0.3) is 0 Å². The van der Waals surface area contributed by atoms with E-state index in [2.05, 4.69) is 10.6 Å². The third-order valence-corrected chi connectivity index (χ3v) is 3.73. The Morgan fingerprint density at radius 2 is 1.57 bits per heavy atom. The standard InChI is InChI=1S/C20H31N3O5/c1-12(2)21-17(25)16(14-8-10-15(24)11-9-14)23(7)18(26)13(3)22-19(27)28-20(4,5)6/h8-13,16,24H,1-7H3,(H,21,25)(H,22,27). The fourth-order valence-corrected chi connectivity index (χ4v) is 2.55. The highest BCUT2D eigenvalue weighted by Gasteiger charge is 2.32. The number of nitrogens with one attached hydrogen (secondary N) is 2. The second-order valence-corrected chi connectivity index (χ2v) is 7.97. The maximum Gasteiger partial charge on any atom is 0.408 e. The summed E-state index contributed by atoms with van der Waals surface area (Å²) in [5.41, 5.74) is -0.152. The number of ether oxygens (including phenoxy) is 1. The fourth-order valence-electron chi connectivity index (χ4n) is 2.55. The molecule has 1 rings (SSSR count). The highest BCUT2D eigenvalue weighted by Crippen LogP contribution is 2.23. The van der Waals surface area contributed by atoms with Gasteiger partial charge in [0.05, 0.1) is 0 Å². The molecule has 1 aromatic rings. The Morgan fingerprint density at radius 3 is 2.04 bits per heavy atom. The quantitative estimate of drug-likeness (QED) is 0.687. The lowest BCUT2D eigenvalue weighted by atomic mass is 10.0. The molecule has 3 N–H and O–H groups in total. The van der Waals surface area contributed by atoms with Crippen LogP contribution in [-0.2, 0) is 14.3 Å². The van der Waals surface area contributed by atoms with Gasteiger partial charge in [0.1, 0.15) is 23.4 Å². The van der Waals surface area contributed by atoms with Crippen LogP contribution in [0.15, 0.2) is 24.3 Å². The molecule has 0 aliphatic heterocycles. The van der Waals surface area contributed by atoms with E-state index in [4.69, 9.17) is 4.74 Å². The minimum absolute atomic E-state index is 0.0562. The van der Waals surface area contributed by atoms with Gasteiger partial charge in [-0.05, 0) is 59.2 Å². The van der Waals surface area contributed by atoms with Crippen molar-refractivity contribution in [3.05, 3.63) is 29.8 Å². The van der Waals surface area contributed by atoms with Gasteiger partial charge in [0.25, 0.3) is 0 Å². The van der Waals surface area contributed by atoms with Crippen LogP contribution in [0.5, 0.6) is 5.75 Å². The Labute approximate surface area is 166 Å². The van der Waals surface area contributed by atoms with Crippen LogP contribution in [0.3, 0.4) is 0 Å². The van der Waals surface area contributed by atoms with Gasteiger partial charge in [0.2, 0.25) is 11.8 Å². The summed E-state index contributed by atoms with van der Waals surface area (Å²) in [5.74, 6) is -0.760. The Kier molecular flexibility index (Phi) is 7.84. The van der Waals surface area contributed by atoms with Gasteiger partial charge < -0.3 is 25.4 Å². The average Bonchev–Trinajstić information content (AvgIpc) is 2.53. The Balaban J connectivity index is 3.02. The van der Waals surface area contributed by atoms with Crippen LogP contribution in [0.4, 0.5) is 4.79 Å². The minimum Gasteiger partial charge on any atom is -0.508 e. The van der Waals surface area contributed by atoms with Gasteiger partial charge in [-0.2, -0.15) is 0 Å². The minimum atomic E-state index is -0.918. The lowest BCUT2D eigenvalue weighted by molar-refractivity contribution is -0.140. The van der Waals surface area contributed by atoms with Crippen molar-refractivity contribution in [1.82, 2.24) is 15.5 Å². The number of amides is 3. The van der Waals surface area contributed by atoms with E-state index in [1.165, 1.54) is 31.0 Å². The zero-order chi connectivity index (χ0) is 21.6. The van der Waals surface area contributed by atoms with E-state index in [-0.39, 0.29) is 17.7 Å². The number of nitrogens with zero attached hydrogens (tertiary/aromatic N) is 1. The molecule has 0 aliphatic carbocycles. The van der Waals surface area contributed by atoms with Gasteiger partial charge in [-0.3, -0.25) is 9.59 Å². The third kappa shape index (κ3) is 7.09. The molecule has 0 radical (unpaired) electrons. The van der Waals surface area contributed by atoms with Crippen molar-refractivity contribution in [3.8, 4) is 5.75 Å². The SMILES string of the molecule is CC(C)NC(=O)C(c1ccc(O)cc1)N(C)C(=O)C(C)NC(=O)OC(C)(C)C. The number of aromatic hydroxyl groups is 1. The number of rotatable bonds is 6. The second-order valence-electron chi connectivity index (χ2n) is 7.97. The number of hydrogen-bond donors (Lipinski definition) is 3. The van der Waals surface area contributed by atoms with E-state index in [0.29, 0.717) is 5.56 Å². The topological polar surface area (TPSA) is 108 Å². The number of carbonyl (C=O) groups excluding carboxylic acids is 3. The van der Waals surface area contributed by atoms with Crippen molar-refractivity contribution < 1.29 is 24.2 Å². The number of alkyl carbamates (subject to hydrolysis) is 1. The number of carbonyl (C=O) groups is 3. The van der Waals surface area contributed by atoms with Gasteiger partial charge in [-0.1, -0.05) is 12.1 Å². The van der Waals surface area contributed by atoms with Crippen LogP contribution in [0.2, 0.25) is 0 Å². The van der Waals surface area contributed by atoms with Gasteiger partial charge in [-0.15, -0.1) is 0 Å². The molecule has 1 aromatic carbocycles. The van der Waals surface area contributed by atoms with Crippen molar-refractivity contribution in [3.63, 3.8) is 0 Å². The lowest BCUT2D eigenvalue weighted by Crippen LogP contribution is -2.51. The molecule has 0 aromatic heterocycles. The predicted molar refractivity (Wildman–Crippen MR) is 106 cm³/mol. The van der Waals surface area contributed by atoms with Crippen LogP contribution in [0.1, 0.15) is 53.1 Å². The van der Waals surface area contributed by atoms with Crippen molar-refractivity contribution in [2.75, 3.05) is 7.05 Å². The molecule has 2 unspecified atom stereocenters. The van der Waals surface area contributed by atoms with Gasteiger partial charge in [0, 0.05) is 13.1 Å². The van der Waals surface area contributed by atoms with Crippen molar-refractivity contribution in [2.45, 2.75) is 65.3 Å². The number of phenols is 1. The molecule has 8 nitrogen and oxygen atoms in total. The molecule has 156 valence electrons. The summed E-state index contributed by atoms with van der Waals surface area (Å²) in [7, 11) is 1.49. The molecule has 3 amide bonds. The largest absolute Gasteiger partial charge is 0.508 e. The van der Waals surface area contributed by atoms with E-state index >= 15 is 0 Å². The summed E-state index contributed by atoms with van der Waals surface area (Å²) in [5, 5.41) is 14.8. The number of hydrogen-bond acceptors (Lipinski definition) is 5. The normalized spacial score (nSPS) is 13.4. The maximum atomic E-state index is 12.8. The Hall–Kier alpha value is -2.77. The molecule has 28 heavy (non-hydrogen) atoms. The first kappa shape index (κ1) is 23.3. The summed E-state index contributed by atoms with van der Waals surface area (Å²) in [4.78, 5) is 38.8. The van der Waals surface area contributed by atoms with Crippen LogP contribution in [0, 0.1) is 0 Å². The average molecular weight is 393 g/mol. The van der Waals surface area contributed by atoms with E-state index in [1.54, 1.807) is 32.9 Å². The summed E-state index contributed by atoms with van der Waals surface area (Å²) in [6.07, 6.45) is -0.713. The molecule has 2 atom stereocenters. The predicted octanol–water partition coefficient (Wildman–Crippen LogP) is 2.33. The van der Waals surface area contributed by atoms with Crippen LogP contribution in [-0.4, -0.2) is 52.6 Å². The molecule has 0 heterocycles. The molecule has 0 saturated heterocycles. The molecule has 0 saturated carbocycles. The number of likely N-dealkylation sites (N-methyl/N-ethyl adjacent to an activating group) is 1. The fraction of sp³-hybridized carbons (Fsp3) is 0.550. The Morgan fingerprint density at radius 1 is 1.04 bits per heavy atom. The van der Waals surface area contributed by atoms with E-state index in [0.717, 1.165) is 0 Å². The van der Waals surface area contributed by atoms with Gasteiger partial charge in [-0.25, -0.2) is 4.79 Å². The van der Waals surface area contributed by atoms with Gasteiger partial charge >= 0.3 is 6.09 Å². The summed E-state index contributed by atoms with van der Waals surface area (Å²) in [6, 6.07) is 4.13. The smallest absolute Gasteiger partial charge is 0.408 e. The summed E-state index contributed by atoms with van der Waals surface area (Å²) in [6.45, 7) is 10.3. The molecule has 0 fully saturated rings. The highest BCUT2D eigenvalue weighted by molar-refractivity contribution is 5.91. The van der Waals surface area contributed by atoms with Crippen LogP contribution < -0.4 is 10.6 Å². The van der Waals surface area contributed by atoms with Crippen molar-refractivity contribution >= 4 is 17.9 Å². The first-order valence-electron chi connectivity index (χ1n) is 9.17. The van der Waals surface area contributed by atoms with Crippen molar-refractivity contribution in [1.29, 1.82) is 0 Å². The van der Waals surface area contributed by atoms with E-state index < -0.39 is 29.7 Å². The molecule has 8 heteroatoms. The molecular formula is C20H31N3O5. The maximum absolute atomic E-state index is 12.8. The Bertz CT molecular complexity index is 695. The molecule has 0 spiro atoms. The third-order valence-electron chi connectivity index (χ3n) is 3.73. The monoisotopic (exact) mass is 393 g/mol. The van der Waals surface area contributed by atoms with Crippen molar-refractivity contribution in [2.24, 2.45) is 0 Å². The van der Waals surface area contributed by atoms with Gasteiger partial charge in [0.15, 0.2) is 0 Å². The summed E-state index contributed by atoms with van der Waals surface area (Å²) < 4.78 is 5.17. The number of benzene rings is 1. The molecular weight excluding hydrogens is 362 g/mol.